The van der Waals surface area contributed by atoms with Gasteiger partial charge in [0.1, 0.15) is 24.1 Å². The molecule has 1 aliphatic heterocycles. The highest BCUT2D eigenvalue weighted by atomic mass is 35.5. The van der Waals surface area contributed by atoms with Gasteiger partial charge in [-0.15, -0.1) is 0 Å². The minimum Gasteiger partial charge on any atom is -0.493 e. The van der Waals surface area contributed by atoms with E-state index in [4.69, 9.17) is 25.8 Å². The van der Waals surface area contributed by atoms with Crippen molar-refractivity contribution < 1.29 is 18.6 Å². The lowest BCUT2D eigenvalue weighted by Gasteiger charge is -2.24. The Hall–Kier alpha value is -3.36. The summed E-state index contributed by atoms with van der Waals surface area (Å²) in [7, 11) is 3.07. The molecule has 2 unspecified atom stereocenters. The minimum absolute atomic E-state index is 0.140. The number of pyridine rings is 1. The molecule has 0 radical (unpaired) electrons. The molecule has 170 valence electrons. The number of ether oxygens (including phenoxy) is 3. The maximum Gasteiger partial charge on any atom is 0.164 e. The summed E-state index contributed by atoms with van der Waals surface area (Å²) in [6.45, 7) is 0.689. The van der Waals surface area contributed by atoms with Crippen LogP contribution in [0.25, 0.3) is 11.0 Å². The number of hydrogen-bond acceptors (Lipinski definition) is 6. The lowest BCUT2D eigenvalue weighted by molar-refractivity contribution is 0.0803. The topological polar surface area (TPSA) is 81.3 Å². The molecule has 3 heterocycles. The van der Waals surface area contributed by atoms with E-state index in [1.807, 2.05) is 30.3 Å². The number of rotatable bonds is 7. The summed E-state index contributed by atoms with van der Waals surface area (Å²) in [5, 5.41) is 3.75. The van der Waals surface area contributed by atoms with E-state index in [1.54, 1.807) is 19.4 Å². The summed E-state index contributed by atoms with van der Waals surface area (Å²) >= 11 is 6.14. The van der Waals surface area contributed by atoms with Crippen LogP contribution in [0.15, 0.2) is 48.7 Å². The number of imidazole rings is 1. The number of para-hydroxylation sites is 2. The fraction of sp³-hybridized carbons (Fsp3) is 0.250. The zero-order valence-electron chi connectivity index (χ0n) is 18.1. The number of aromatic nitrogens is 3. The average Bonchev–Trinajstić information content (AvgIpc) is 3.43. The minimum atomic E-state index is -0.572. The second-order valence-corrected chi connectivity index (χ2v) is 8.19. The normalized spacial score (nSPS) is 15.8. The molecule has 1 aliphatic rings. The van der Waals surface area contributed by atoms with E-state index in [1.165, 1.54) is 13.2 Å². The van der Waals surface area contributed by atoms with E-state index >= 15 is 4.39 Å². The molecule has 2 atom stereocenters. The molecule has 0 bridgehead atoms. The van der Waals surface area contributed by atoms with Gasteiger partial charge in [0, 0.05) is 43.0 Å². The van der Waals surface area contributed by atoms with Crippen molar-refractivity contribution in [1.82, 2.24) is 15.0 Å². The molecule has 2 N–H and O–H groups in total. The zero-order valence-corrected chi connectivity index (χ0v) is 18.8. The molecule has 9 heteroatoms. The van der Waals surface area contributed by atoms with Crippen LogP contribution in [-0.2, 0) is 11.3 Å². The molecule has 7 nitrogen and oxygen atoms in total. The molecule has 0 saturated carbocycles. The van der Waals surface area contributed by atoms with Crippen LogP contribution in [0.5, 0.6) is 11.5 Å². The molecule has 2 aromatic heterocycles. The second kappa shape index (κ2) is 8.88. The number of halogens is 2. The SMILES string of the molecule is COc1cc(C(OC)C2CNc3ncc(Cl)cc32)c(F)cc1OCc1nc2ccccc2[nH]1. The van der Waals surface area contributed by atoms with E-state index < -0.39 is 11.9 Å². The number of fused-ring (bicyclic) bond motifs is 2. The summed E-state index contributed by atoms with van der Waals surface area (Å²) in [6, 6.07) is 12.5. The number of aromatic amines is 1. The molecule has 33 heavy (non-hydrogen) atoms. The largest absolute Gasteiger partial charge is 0.493 e. The number of benzene rings is 2. The Bertz CT molecular complexity index is 1280. The fourth-order valence-electron chi connectivity index (χ4n) is 4.24. The number of H-pyrrole nitrogens is 1. The van der Waals surface area contributed by atoms with Gasteiger partial charge in [0.2, 0.25) is 0 Å². The molecule has 5 rings (SSSR count). The van der Waals surface area contributed by atoms with Gasteiger partial charge in [0.05, 0.1) is 29.3 Å². The Labute approximate surface area is 194 Å². The van der Waals surface area contributed by atoms with Gasteiger partial charge >= 0.3 is 0 Å². The summed E-state index contributed by atoms with van der Waals surface area (Å²) in [6.07, 6.45) is 1.01. The van der Waals surface area contributed by atoms with Crippen molar-refractivity contribution in [2.75, 3.05) is 26.1 Å². The van der Waals surface area contributed by atoms with Crippen molar-refractivity contribution in [3.8, 4) is 11.5 Å². The molecular weight excluding hydrogens is 447 g/mol. The Morgan fingerprint density at radius 3 is 2.82 bits per heavy atom. The Morgan fingerprint density at radius 2 is 2.03 bits per heavy atom. The first-order chi connectivity index (χ1) is 16.1. The molecule has 2 aromatic carbocycles. The van der Waals surface area contributed by atoms with Crippen LogP contribution in [0.1, 0.15) is 29.0 Å². The standard InChI is InChI=1S/C24H22ClFN4O3/c1-31-20-8-15(23(32-2)16-11-28-24-14(16)7-13(25)10-27-24)17(26)9-21(20)33-12-22-29-18-5-3-4-6-19(18)30-22/h3-10,16,23H,11-12H2,1-2H3,(H,27,28)(H,29,30). The molecule has 0 saturated heterocycles. The maximum atomic E-state index is 15.3. The van der Waals surface area contributed by atoms with Crippen LogP contribution in [0.4, 0.5) is 10.2 Å². The van der Waals surface area contributed by atoms with Crippen LogP contribution >= 0.6 is 11.6 Å². The maximum absolute atomic E-state index is 15.3. The highest BCUT2D eigenvalue weighted by molar-refractivity contribution is 6.30. The van der Waals surface area contributed by atoms with Crippen LogP contribution in [0.3, 0.4) is 0 Å². The van der Waals surface area contributed by atoms with Gasteiger partial charge in [-0.1, -0.05) is 23.7 Å². The van der Waals surface area contributed by atoms with E-state index in [0.29, 0.717) is 28.7 Å². The van der Waals surface area contributed by atoms with Gasteiger partial charge < -0.3 is 24.5 Å². The molecule has 0 amide bonds. The summed E-state index contributed by atoms with van der Waals surface area (Å²) in [5.41, 5.74) is 3.00. The number of hydrogen-bond donors (Lipinski definition) is 2. The van der Waals surface area contributed by atoms with Crippen LogP contribution in [0.2, 0.25) is 5.02 Å². The number of anilines is 1. The number of methoxy groups -OCH3 is 2. The van der Waals surface area contributed by atoms with E-state index in [-0.39, 0.29) is 18.3 Å². The lowest BCUT2D eigenvalue weighted by Crippen LogP contribution is -2.17. The van der Waals surface area contributed by atoms with Crippen molar-refractivity contribution >= 4 is 28.5 Å². The first-order valence-electron chi connectivity index (χ1n) is 10.4. The Morgan fingerprint density at radius 1 is 1.18 bits per heavy atom. The third kappa shape index (κ3) is 4.07. The van der Waals surface area contributed by atoms with Gasteiger partial charge in [0.15, 0.2) is 11.5 Å². The van der Waals surface area contributed by atoms with Gasteiger partial charge in [-0.2, -0.15) is 0 Å². The predicted octanol–water partition coefficient (Wildman–Crippen LogP) is 5.23. The molecular formula is C24H22ClFN4O3. The quantitative estimate of drug-likeness (QED) is 0.386. The monoisotopic (exact) mass is 468 g/mol. The van der Waals surface area contributed by atoms with E-state index in [9.17, 15) is 0 Å². The van der Waals surface area contributed by atoms with E-state index in [2.05, 4.69) is 20.3 Å². The van der Waals surface area contributed by atoms with Crippen molar-refractivity contribution in [3.63, 3.8) is 0 Å². The fourth-order valence-corrected chi connectivity index (χ4v) is 4.41. The molecule has 0 aliphatic carbocycles. The first-order valence-corrected chi connectivity index (χ1v) is 10.8. The first kappa shape index (κ1) is 21.5. The van der Waals surface area contributed by atoms with Crippen molar-refractivity contribution in [2.24, 2.45) is 0 Å². The molecule has 0 fully saturated rings. The van der Waals surface area contributed by atoms with Crippen molar-refractivity contribution in [2.45, 2.75) is 18.6 Å². The van der Waals surface area contributed by atoms with Gasteiger partial charge in [-0.25, -0.2) is 14.4 Å². The predicted molar refractivity (Wildman–Crippen MR) is 124 cm³/mol. The molecule has 0 spiro atoms. The highest BCUT2D eigenvalue weighted by Crippen LogP contribution is 2.44. The van der Waals surface area contributed by atoms with Crippen molar-refractivity contribution in [1.29, 1.82) is 0 Å². The molecule has 4 aromatic rings. The highest BCUT2D eigenvalue weighted by Gasteiger charge is 2.34. The van der Waals surface area contributed by atoms with Crippen molar-refractivity contribution in [3.05, 3.63) is 76.5 Å². The van der Waals surface area contributed by atoms with Crippen LogP contribution in [-0.4, -0.2) is 35.7 Å². The van der Waals surface area contributed by atoms with Gasteiger partial charge in [-0.3, -0.25) is 0 Å². The van der Waals surface area contributed by atoms with Crippen LogP contribution in [0, 0.1) is 5.82 Å². The average molecular weight is 469 g/mol. The number of nitrogens with zero attached hydrogens (tertiary/aromatic N) is 2. The second-order valence-electron chi connectivity index (χ2n) is 7.75. The van der Waals surface area contributed by atoms with Crippen LogP contribution < -0.4 is 14.8 Å². The number of nitrogens with one attached hydrogen (secondary N) is 2. The van der Waals surface area contributed by atoms with Gasteiger partial charge in [0.25, 0.3) is 0 Å². The summed E-state index contributed by atoms with van der Waals surface area (Å²) in [5.74, 6) is 1.42. The zero-order chi connectivity index (χ0) is 22.9. The third-order valence-corrected chi connectivity index (χ3v) is 5.99. The Balaban J connectivity index is 1.42. The summed E-state index contributed by atoms with van der Waals surface area (Å²) in [4.78, 5) is 12.0. The smallest absolute Gasteiger partial charge is 0.164 e. The summed E-state index contributed by atoms with van der Waals surface area (Å²) < 4.78 is 32.4. The lowest BCUT2D eigenvalue weighted by atomic mass is 9.91. The van der Waals surface area contributed by atoms with Gasteiger partial charge in [-0.05, 0) is 24.3 Å². The van der Waals surface area contributed by atoms with E-state index in [0.717, 1.165) is 22.4 Å². The Kier molecular flexibility index (Phi) is 5.78. The third-order valence-electron chi connectivity index (χ3n) is 5.78.